The molecular weight excluding hydrogens is 307 g/mol. The largest absolute Gasteiger partial charge is 0.457 e. The van der Waals surface area contributed by atoms with Gasteiger partial charge in [0.1, 0.15) is 17.3 Å². The van der Waals surface area contributed by atoms with Crippen LogP contribution in [-0.4, -0.2) is 21.5 Å². The Kier molecular flexibility index (Phi) is 5.48. The molecule has 2 aromatic rings. The lowest BCUT2D eigenvalue weighted by atomic mass is 10.3. The van der Waals surface area contributed by atoms with E-state index >= 15 is 0 Å². The minimum atomic E-state index is -3.54. The summed E-state index contributed by atoms with van der Waals surface area (Å²) in [6, 6.07) is 11.5. The lowest BCUT2D eigenvalue weighted by Crippen LogP contribution is -2.26. The lowest BCUT2D eigenvalue weighted by molar-refractivity contribution is 0.480. The molecule has 0 amide bonds. The monoisotopic (exact) mass is 324 g/mol. The van der Waals surface area contributed by atoms with Crippen LogP contribution in [0, 0.1) is 5.82 Å². The molecule has 118 valence electrons. The van der Waals surface area contributed by atoms with E-state index in [0.717, 1.165) is 0 Å². The number of nitrogens with two attached hydrogens (primary N) is 1. The van der Waals surface area contributed by atoms with Crippen LogP contribution < -0.4 is 15.2 Å². The molecule has 22 heavy (non-hydrogen) atoms. The van der Waals surface area contributed by atoms with Crippen molar-refractivity contribution >= 4 is 10.0 Å². The Morgan fingerprint density at radius 3 is 2.09 bits per heavy atom. The maximum atomic E-state index is 12.8. The first-order chi connectivity index (χ1) is 10.5. The van der Waals surface area contributed by atoms with E-state index in [2.05, 4.69) is 4.72 Å². The van der Waals surface area contributed by atoms with Crippen LogP contribution in [0.2, 0.25) is 0 Å². The SMILES string of the molecule is NCCCNS(=O)(=O)c1ccc(Oc2ccc(F)cc2)cc1. The molecule has 0 saturated heterocycles. The number of halogens is 1. The topological polar surface area (TPSA) is 81.4 Å². The summed E-state index contributed by atoms with van der Waals surface area (Å²) in [6.07, 6.45) is 0.574. The Morgan fingerprint density at radius 2 is 1.55 bits per heavy atom. The highest BCUT2D eigenvalue weighted by Gasteiger charge is 2.13. The van der Waals surface area contributed by atoms with Gasteiger partial charge >= 0.3 is 0 Å². The summed E-state index contributed by atoms with van der Waals surface area (Å²) >= 11 is 0. The zero-order valence-electron chi connectivity index (χ0n) is 11.8. The average molecular weight is 324 g/mol. The van der Waals surface area contributed by atoms with E-state index in [1.807, 2.05) is 0 Å². The molecule has 0 bridgehead atoms. The van der Waals surface area contributed by atoms with Crippen LogP contribution in [0.25, 0.3) is 0 Å². The van der Waals surface area contributed by atoms with E-state index in [-0.39, 0.29) is 10.7 Å². The van der Waals surface area contributed by atoms with E-state index in [1.165, 1.54) is 36.4 Å². The molecule has 0 aromatic heterocycles. The van der Waals surface area contributed by atoms with Gasteiger partial charge in [0.2, 0.25) is 10.0 Å². The summed E-state index contributed by atoms with van der Waals surface area (Å²) in [7, 11) is -3.54. The fourth-order valence-corrected chi connectivity index (χ4v) is 2.79. The Labute approximate surface area is 129 Å². The highest BCUT2D eigenvalue weighted by atomic mass is 32.2. The molecule has 0 fully saturated rings. The minimum Gasteiger partial charge on any atom is -0.457 e. The lowest BCUT2D eigenvalue weighted by Gasteiger charge is -2.08. The molecule has 0 aliphatic carbocycles. The average Bonchev–Trinajstić information content (AvgIpc) is 2.50. The molecule has 0 saturated carbocycles. The van der Waals surface area contributed by atoms with Crippen LogP contribution in [0.15, 0.2) is 53.4 Å². The van der Waals surface area contributed by atoms with Gasteiger partial charge in [0, 0.05) is 6.54 Å². The summed E-state index contributed by atoms with van der Waals surface area (Å²) < 4.78 is 44.7. The molecule has 0 atom stereocenters. The van der Waals surface area contributed by atoms with Gasteiger partial charge in [-0.1, -0.05) is 0 Å². The third kappa shape index (κ3) is 4.52. The number of hydrogen-bond donors (Lipinski definition) is 2. The molecule has 5 nitrogen and oxygen atoms in total. The number of ether oxygens (including phenoxy) is 1. The first kappa shape index (κ1) is 16.4. The van der Waals surface area contributed by atoms with Crippen molar-refractivity contribution in [3.63, 3.8) is 0 Å². The van der Waals surface area contributed by atoms with E-state index in [9.17, 15) is 12.8 Å². The van der Waals surface area contributed by atoms with Crippen molar-refractivity contribution in [2.75, 3.05) is 13.1 Å². The van der Waals surface area contributed by atoms with Gasteiger partial charge in [-0.3, -0.25) is 0 Å². The highest BCUT2D eigenvalue weighted by molar-refractivity contribution is 7.89. The second-order valence-electron chi connectivity index (χ2n) is 4.57. The summed E-state index contributed by atoms with van der Waals surface area (Å²) in [5, 5.41) is 0. The Balaban J connectivity index is 2.05. The maximum absolute atomic E-state index is 12.8. The van der Waals surface area contributed by atoms with Gasteiger partial charge in [-0.05, 0) is 61.5 Å². The summed E-state index contributed by atoms with van der Waals surface area (Å²) in [4.78, 5) is 0.149. The van der Waals surface area contributed by atoms with Gasteiger partial charge in [-0.2, -0.15) is 0 Å². The van der Waals surface area contributed by atoms with Gasteiger partial charge < -0.3 is 10.5 Å². The van der Waals surface area contributed by atoms with Gasteiger partial charge in [-0.25, -0.2) is 17.5 Å². The molecule has 0 unspecified atom stereocenters. The smallest absolute Gasteiger partial charge is 0.240 e. The maximum Gasteiger partial charge on any atom is 0.240 e. The van der Waals surface area contributed by atoms with Crippen LogP contribution in [0.5, 0.6) is 11.5 Å². The molecule has 0 radical (unpaired) electrons. The number of rotatable bonds is 7. The molecule has 3 N–H and O–H groups in total. The Hall–Kier alpha value is -1.96. The standard InChI is InChI=1S/C15H17FN2O3S/c16-12-2-4-13(5-3-12)21-14-6-8-15(9-7-14)22(19,20)18-11-1-10-17/h2-9,18H,1,10-11,17H2. The van der Waals surface area contributed by atoms with Crippen LogP contribution in [0.3, 0.4) is 0 Å². The highest BCUT2D eigenvalue weighted by Crippen LogP contribution is 2.23. The minimum absolute atomic E-state index is 0.149. The predicted octanol–water partition coefficient (Wildman–Crippen LogP) is 2.25. The number of benzene rings is 2. The van der Waals surface area contributed by atoms with E-state index in [1.54, 1.807) is 12.1 Å². The number of hydrogen-bond acceptors (Lipinski definition) is 4. The molecule has 0 aliphatic rings. The van der Waals surface area contributed by atoms with E-state index in [0.29, 0.717) is 31.0 Å². The first-order valence-electron chi connectivity index (χ1n) is 6.74. The number of nitrogens with one attached hydrogen (secondary N) is 1. The van der Waals surface area contributed by atoms with Crippen molar-refractivity contribution < 1.29 is 17.5 Å². The fraction of sp³-hybridized carbons (Fsp3) is 0.200. The van der Waals surface area contributed by atoms with Crippen molar-refractivity contribution in [3.05, 3.63) is 54.3 Å². The molecule has 7 heteroatoms. The van der Waals surface area contributed by atoms with Crippen LogP contribution in [-0.2, 0) is 10.0 Å². The second kappa shape index (κ2) is 7.35. The molecule has 2 aromatic carbocycles. The van der Waals surface area contributed by atoms with Gasteiger partial charge in [0.25, 0.3) is 0 Å². The van der Waals surface area contributed by atoms with Crippen LogP contribution in [0.4, 0.5) is 4.39 Å². The van der Waals surface area contributed by atoms with Crippen LogP contribution in [0.1, 0.15) is 6.42 Å². The quantitative estimate of drug-likeness (QED) is 0.765. The zero-order valence-corrected chi connectivity index (χ0v) is 12.6. The van der Waals surface area contributed by atoms with Gasteiger partial charge in [-0.15, -0.1) is 0 Å². The van der Waals surface area contributed by atoms with Crippen molar-refractivity contribution in [1.29, 1.82) is 0 Å². The molecule has 0 spiro atoms. The fourth-order valence-electron chi connectivity index (χ4n) is 1.72. The van der Waals surface area contributed by atoms with E-state index < -0.39 is 10.0 Å². The summed E-state index contributed by atoms with van der Waals surface area (Å²) in [5.41, 5.74) is 5.32. The number of sulfonamides is 1. The Bertz CT molecular complexity index is 701. The first-order valence-corrected chi connectivity index (χ1v) is 8.23. The molecule has 2 rings (SSSR count). The van der Waals surface area contributed by atoms with Crippen LogP contribution >= 0.6 is 0 Å². The van der Waals surface area contributed by atoms with Gasteiger partial charge in [0.15, 0.2) is 0 Å². The summed E-state index contributed by atoms with van der Waals surface area (Å²) in [6.45, 7) is 0.722. The van der Waals surface area contributed by atoms with Crippen molar-refractivity contribution in [2.24, 2.45) is 5.73 Å². The third-order valence-electron chi connectivity index (χ3n) is 2.86. The molecule has 0 heterocycles. The van der Waals surface area contributed by atoms with Crippen molar-refractivity contribution in [2.45, 2.75) is 11.3 Å². The molecular formula is C15H17FN2O3S. The molecule has 0 aliphatic heterocycles. The normalized spacial score (nSPS) is 11.4. The van der Waals surface area contributed by atoms with Gasteiger partial charge in [0.05, 0.1) is 4.90 Å². The second-order valence-corrected chi connectivity index (χ2v) is 6.33. The zero-order chi connectivity index (χ0) is 16.0. The Morgan fingerprint density at radius 1 is 1.00 bits per heavy atom. The summed E-state index contributed by atoms with van der Waals surface area (Å²) in [5.74, 6) is 0.586. The van der Waals surface area contributed by atoms with Crippen molar-refractivity contribution in [1.82, 2.24) is 4.72 Å². The third-order valence-corrected chi connectivity index (χ3v) is 4.33. The van der Waals surface area contributed by atoms with Crippen molar-refractivity contribution in [3.8, 4) is 11.5 Å². The van der Waals surface area contributed by atoms with E-state index in [4.69, 9.17) is 10.5 Å². The predicted molar refractivity (Wildman–Crippen MR) is 81.8 cm³/mol.